The fraction of sp³-hybridized carbons (Fsp3) is 0.400. The van der Waals surface area contributed by atoms with Crippen molar-refractivity contribution in [2.45, 2.75) is 33.1 Å². The first-order chi connectivity index (χ1) is 13.5. The first kappa shape index (κ1) is 23.0. The number of nitrogens with zero attached hydrogens (tertiary/aromatic N) is 2. The van der Waals surface area contributed by atoms with Gasteiger partial charge >= 0.3 is 0 Å². The number of rotatable bonds is 6. The summed E-state index contributed by atoms with van der Waals surface area (Å²) in [6, 6.07) is 18.9. The number of hydrogen-bond donors (Lipinski definition) is 0. The topological polar surface area (TPSA) is 23.6 Å². The maximum atomic E-state index is 12.9. The van der Waals surface area contributed by atoms with E-state index >= 15 is 0 Å². The van der Waals surface area contributed by atoms with E-state index in [1.54, 1.807) is 0 Å². The van der Waals surface area contributed by atoms with Gasteiger partial charge in [-0.15, -0.1) is 12.4 Å². The normalized spacial score (nSPS) is 15.4. The average Bonchev–Trinajstić information content (AvgIpc) is 2.72. The zero-order valence-electron chi connectivity index (χ0n) is 17.8. The van der Waals surface area contributed by atoms with Gasteiger partial charge in [-0.25, -0.2) is 0 Å². The molecule has 0 aromatic heterocycles. The summed E-state index contributed by atoms with van der Waals surface area (Å²) in [5.41, 5.74) is 3.66. The Labute approximate surface area is 181 Å². The van der Waals surface area contributed by atoms with Gasteiger partial charge in [0.25, 0.3) is 0 Å². The van der Waals surface area contributed by atoms with Crippen molar-refractivity contribution in [2.75, 3.05) is 26.2 Å². The molecule has 2 aromatic rings. The molecule has 0 spiro atoms. The van der Waals surface area contributed by atoms with E-state index in [-0.39, 0.29) is 24.2 Å². The van der Waals surface area contributed by atoms with Gasteiger partial charge in [0, 0.05) is 26.2 Å². The molecule has 1 saturated heterocycles. The molecule has 3 nitrogen and oxygen atoms in total. The molecule has 1 atom stereocenters. The molecule has 2 aromatic carbocycles. The van der Waals surface area contributed by atoms with Crippen molar-refractivity contribution in [3.8, 4) is 0 Å². The van der Waals surface area contributed by atoms with Gasteiger partial charge in [-0.2, -0.15) is 0 Å². The number of amides is 1. The molecule has 1 unspecified atom stereocenters. The minimum absolute atomic E-state index is 0. The number of carbonyl (C=O) groups is 1. The zero-order chi connectivity index (χ0) is 19.9. The van der Waals surface area contributed by atoms with Crippen LogP contribution >= 0.6 is 12.4 Å². The highest BCUT2D eigenvalue weighted by Crippen LogP contribution is 2.21. The number of hydrogen-bond acceptors (Lipinski definition) is 2. The molecule has 1 heterocycles. The van der Waals surface area contributed by atoms with Crippen molar-refractivity contribution in [2.24, 2.45) is 5.92 Å². The molecule has 0 saturated carbocycles. The third-order valence-electron chi connectivity index (χ3n) is 5.40. The van der Waals surface area contributed by atoms with E-state index in [2.05, 4.69) is 67.4 Å². The summed E-state index contributed by atoms with van der Waals surface area (Å²) in [5, 5.41) is 0. The Hall–Kier alpha value is -2.26. The van der Waals surface area contributed by atoms with Crippen LogP contribution in [0.5, 0.6) is 0 Å². The number of piperazine rings is 1. The first-order valence-corrected chi connectivity index (χ1v) is 10.4. The molecule has 0 aliphatic carbocycles. The lowest BCUT2D eigenvalue weighted by molar-refractivity contribution is -0.133. The highest BCUT2D eigenvalue weighted by atomic mass is 35.5. The van der Waals surface area contributed by atoms with Gasteiger partial charge in [0.1, 0.15) is 0 Å². The monoisotopic (exact) mass is 412 g/mol. The Morgan fingerprint density at radius 1 is 0.931 bits per heavy atom. The average molecular weight is 413 g/mol. The highest BCUT2D eigenvalue weighted by molar-refractivity contribution is 5.85. The maximum Gasteiger partial charge on any atom is 0.229 e. The summed E-state index contributed by atoms with van der Waals surface area (Å²) >= 11 is 0. The fourth-order valence-corrected chi connectivity index (χ4v) is 3.68. The summed E-state index contributed by atoms with van der Waals surface area (Å²) in [6.45, 7) is 9.83. The van der Waals surface area contributed by atoms with Crippen LogP contribution < -0.4 is 0 Å². The number of benzene rings is 2. The second-order valence-electron chi connectivity index (χ2n) is 8.15. The second kappa shape index (κ2) is 11.1. The molecular formula is C25H33ClN2O. The van der Waals surface area contributed by atoms with Crippen LogP contribution in [-0.2, 0) is 11.2 Å². The predicted octanol–water partition coefficient (Wildman–Crippen LogP) is 5.23. The smallest absolute Gasteiger partial charge is 0.229 e. The fourth-order valence-electron chi connectivity index (χ4n) is 3.68. The van der Waals surface area contributed by atoms with E-state index < -0.39 is 0 Å². The van der Waals surface area contributed by atoms with E-state index in [4.69, 9.17) is 0 Å². The van der Waals surface area contributed by atoms with E-state index in [1.807, 2.05) is 30.0 Å². The van der Waals surface area contributed by atoms with Crippen molar-refractivity contribution in [3.05, 3.63) is 77.5 Å². The van der Waals surface area contributed by atoms with Crippen molar-refractivity contribution < 1.29 is 4.79 Å². The maximum absolute atomic E-state index is 12.9. The molecule has 29 heavy (non-hydrogen) atoms. The molecule has 1 aliphatic rings. The van der Waals surface area contributed by atoms with Crippen molar-refractivity contribution >= 4 is 24.4 Å². The number of carbonyl (C=O) groups excluding carboxylic acids is 1. The first-order valence-electron chi connectivity index (χ1n) is 10.4. The SMILES string of the molecule is CC(C)Cc1ccc(C(C)C(=O)N2CCN(/C=C/c3ccccc3)CC2)cc1.Cl. The lowest BCUT2D eigenvalue weighted by Crippen LogP contribution is -2.48. The lowest BCUT2D eigenvalue weighted by atomic mass is 9.95. The third kappa shape index (κ3) is 6.64. The lowest BCUT2D eigenvalue weighted by Gasteiger charge is -2.35. The third-order valence-corrected chi connectivity index (χ3v) is 5.40. The van der Waals surface area contributed by atoms with Gasteiger partial charge in [-0.3, -0.25) is 4.79 Å². The van der Waals surface area contributed by atoms with Gasteiger partial charge in [0.05, 0.1) is 5.92 Å². The molecule has 1 amide bonds. The van der Waals surface area contributed by atoms with E-state index in [0.29, 0.717) is 5.92 Å². The van der Waals surface area contributed by atoms with Crippen LogP contribution in [0.2, 0.25) is 0 Å². The van der Waals surface area contributed by atoms with Crippen molar-refractivity contribution in [1.29, 1.82) is 0 Å². The minimum Gasteiger partial charge on any atom is -0.374 e. The Morgan fingerprint density at radius 2 is 1.55 bits per heavy atom. The molecule has 4 heteroatoms. The quantitative estimate of drug-likeness (QED) is 0.648. The van der Waals surface area contributed by atoms with Crippen LogP contribution in [0.1, 0.15) is 43.4 Å². The predicted molar refractivity (Wildman–Crippen MR) is 124 cm³/mol. The molecule has 0 radical (unpaired) electrons. The van der Waals surface area contributed by atoms with E-state index in [1.165, 1.54) is 11.1 Å². The van der Waals surface area contributed by atoms with Crippen LogP contribution in [0.25, 0.3) is 6.08 Å². The van der Waals surface area contributed by atoms with Crippen LogP contribution in [0.15, 0.2) is 60.8 Å². The Balaban J connectivity index is 0.00000300. The molecule has 0 bridgehead atoms. The Bertz CT molecular complexity index is 778. The molecule has 0 N–H and O–H groups in total. The van der Waals surface area contributed by atoms with Crippen LogP contribution in [0, 0.1) is 5.92 Å². The molecule has 1 fully saturated rings. The second-order valence-corrected chi connectivity index (χ2v) is 8.15. The van der Waals surface area contributed by atoms with Gasteiger partial charge in [-0.05, 0) is 48.2 Å². The summed E-state index contributed by atoms with van der Waals surface area (Å²) < 4.78 is 0. The summed E-state index contributed by atoms with van der Waals surface area (Å²) in [7, 11) is 0. The summed E-state index contributed by atoms with van der Waals surface area (Å²) in [6.07, 6.45) is 5.37. The Kier molecular flexibility index (Phi) is 8.78. The summed E-state index contributed by atoms with van der Waals surface area (Å²) in [4.78, 5) is 17.2. The molecule has 156 valence electrons. The highest BCUT2D eigenvalue weighted by Gasteiger charge is 2.24. The van der Waals surface area contributed by atoms with Crippen LogP contribution in [0.3, 0.4) is 0 Å². The van der Waals surface area contributed by atoms with Gasteiger partial charge in [-0.1, -0.05) is 68.4 Å². The van der Waals surface area contributed by atoms with Gasteiger partial charge in [0.2, 0.25) is 5.91 Å². The van der Waals surface area contributed by atoms with Crippen LogP contribution in [0.4, 0.5) is 0 Å². The molecular weight excluding hydrogens is 380 g/mol. The Morgan fingerprint density at radius 3 is 2.14 bits per heavy atom. The minimum atomic E-state index is -0.0838. The largest absolute Gasteiger partial charge is 0.374 e. The van der Waals surface area contributed by atoms with E-state index in [9.17, 15) is 4.79 Å². The van der Waals surface area contributed by atoms with Crippen molar-refractivity contribution in [3.63, 3.8) is 0 Å². The molecule has 1 aliphatic heterocycles. The zero-order valence-corrected chi connectivity index (χ0v) is 18.6. The number of halogens is 1. The summed E-state index contributed by atoms with van der Waals surface area (Å²) in [5.74, 6) is 0.806. The van der Waals surface area contributed by atoms with Crippen LogP contribution in [-0.4, -0.2) is 41.9 Å². The van der Waals surface area contributed by atoms with Gasteiger partial charge in [0.15, 0.2) is 0 Å². The molecule has 3 rings (SSSR count). The van der Waals surface area contributed by atoms with Gasteiger partial charge < -0.3 is 9.80 Å². The standard InChI is InChI=1S/C25H32N2O.ClH/c1-20(2)19-23-9-11-24(12-10-23)21(3)25(28)27-17-15-26(16-18-27)14-13-22-7-5-4-6-8-22;/h4-14,20-21H,15-19H2,1-3H3;1H/b14-13+;. The van der Waals surface area contributed by atoms with Crippen molar-refractivity contribution in [1.82, 2.24) is 9.80 Å². The van der Waals surface area contributed by atoms with E-state index in [0.717, 1.165) is 38.2 Å².